The van der Waals surface area contributed by atoms with Gasteiger partial charge in [-0.3, -0.25) is 0 Å². The Morgan fingerprint density at radius 1 is 0.477 bits per heavy atom. The molecule has 44 heavy (non-hydrogen) atoms. The van der Waals surface area contributed by atoms with Crippen molar-refractivity contribution in [3.05, 3.63) is 162 Å². The van der Waals surface area contributed by atoms with Gasteiger partial charge in [0, 0.05) is 38.6 Å². The van der Waals surface area contributed by atoms with E-state index in [2.05, 4.69) is 177 Å². The average Bonchev–Trinajstić information content (AvgIpc) is 3.05. The van der Waals surface area contributed by atoms with Gasteiger partial charge in [0.05, 0.1) is 17.4 Å². The summed E-state index contributed by atoms with van der Waals surface area (Å²) in [5.74, 6) is 0. The lowest BCUT2D eigenvalue weighted by Crippen LogP contribution is -2.30. The molecule has 2 heteroatoms. The summed E-state index contributed by atoms with van der Waals surface area (Å²) >= 11 is 0. The molecule has 0 aliphatic heterocycles. The van der Waals surface area contributed by atoms with E-state index in [0.717, 1.165) is 17.8 Å². The zero-order valence-electron chi connectivity index (χ0n) is 26.0. The molecular formula is C42H38N2. The molecule has 0 bridgehead atoms. The number of rotatable bonds is 6. The van der Waals surface area contributed by atoms with E-state index in [9.17, 15) is 0 Å². The monoisotopic (exact) mass is 570 g/mol. The van der Waals surface area contributed by atoms with Gasteiger partial charge in [0.25, 0.3) is 0 Å². The molecule has 0 spiro atoms. The summed E-state index contributed by atoms with van der Waals surface area (Å²) < 4.78 is 0. The second-order valence-electron chi connectivity index (χ2n) is 12.1. The van der Waals surface area contributed by atoms with E-state index in [4.69, 9.17) is 0 Å². The summed E-state index contributed by atoms with van der Waals surface area (Å²) in [6.45, 7) is 8.64. The summed E-state index contributed by atoms with van der Waals surface area (Å²) in [4.78, 5) is 5.01. The van der Waals surface area contributed by atoms with E-state index in [-0.39, 0.29) is 6.04 Å². The quantitative estimate of drug-likeness (QED) is 0.145. The Kier molecular flexibility index (Phi) is 7.28. The third kappa shape index (κ3) is 5.07. The van der Waals surface area contributed by atoms with Gasteiger partial charge >= 0.3 is 0 Å². The Hall–Kier alpha value is -5.08. The lowest BCUT2D eigenvalue weighted by Gasteiger charge is -2.36. The number of hydrogen-bond acceptors (Lipinski definition) is 2. The van der Waals surface area contributed by atoms with Crippen LogP contribution in [-0.4, -0.2) is 6.04 Å². The van der Waals surface area contributed by atoms with Gasteiger partial charge in [-0.15, -0.1) is 0 Å². The van der Waals surface area contributed by atoms with E-state index in [1.807, 2.05) is 0 Å². The van der Waals surface area contributed by atoms with Crippen molar-refractivity contribution < 1.29 is 0 Å². The Morgan fingerprint density at radius 3 is 1.30 bits per heavy atom. The first-order valence-corrected chi connectivity index (χ1v) is 15.6. The fraction of sp³-hybridized carbons (Fsp3) is 0.143. The fourth-order valence-corrected chi connectivity index (χ4v) is 6.48. The second-order valence-corrected chi connectivity index (χ2v) is 12.1. The smallest absolute Gasteiger partial charge is 0.0619 e. The highest BCUT2D eigenvalue weighted by Crippen LogP contribution is 2.50. The maximum atomic E-state index is 2.56. The maximum absolute atomic E-state index is 2.56. The van der Waals surface area contributed by atoms with Crippen LogP contribution in [0.1, 0.15) is 30.0 Å². The van der Waals surface area contributed by atoms with Gasteiger partial charge in [-0.1, -0.05) is 125 Å². The topological polar surface area (TPSA) is 6.48 Å². The molecule has 0 N–H and O–H groups in total. The van der Waals surface area contributed by atoms with Crippen molar-refractivity contribution in [1.82, 2.24) is 0 Å². The maximum Gasteiger partial charge on any atom is 0.0619 e. The summed E-state index contributed by atoms with van der Waals surface area (Å²) in [5.41, 5.74) is 11.0. The zero-order valence-corrected chi connectivity index (χ0v) is 26.0. The summed E-state index contributed by atoms with van der Waals surface area (Å²) in [7, 11) is 0. The number of nitrogens with zero attached hydrogens (tertiary/aromatic N) is 2. The molecular weight excluding hydrogens is 532 g/mol. The third-order valence-corrected chi connectivity index (χ3v) is 8.83. The van der Waals surface area contributed by atoms with Crippen LogP contribution in [0.5, 0.6) is 0 Å². The molecule has 216 valence electrons. The standard InChI is InChI=1S/C42H38N2/c1-29-13-21-33(22-14-29)43(34-23-15-30(2)16-24-34)41-37-9-5-7-11-39(37)42(40-12-8-6-10-38(40)41)44(35-25-17-31(3)18-26-35)36-27-19-32(4)20-28-36/h5-27,36H,28H2,1-4H3. The van der Waals surface area contributed by atoms with Gasteiger partial charge in [-0.25, -0.2) is 0 Å². The summed E-state index contributed by atoms with van der Waals surface area (Å²) in [5, 5.41) is 4.94. The predicted octanol–water partition coefficient (Wildman–Crippen LogP) is 11.8. The molecule has 1 aliphatic carbocycles. The minimum atomic E-state index is 0.198. The van der Waals surface area contributed by atoms with E-state index < -0.39 is 0 Å². The van der Waals surface area contributed by atoms with Gasteiger partial charge in [0.2, 0.25) is 0 Å². The van der Waals surface area contributed by atoms with Crippen molar-refractivity contribution in [3.8, 4) is 0 Å². The van der Waals surface area contributed by atoms with Crippen LogP contribution in [0.25, 0.3) is 21.5 Å². The lowest BCUT2D eigenvalue weighted by atomic mass is 9.93. The van der Waals surface area contributed by atoms with E-state index in [1.165, 1.54) is 60.9 Å². The van der Waals surface area contributed by atoms with E-state index in [1.54, 1.807) is 0 Å². The Morgan fingerprint density at radius 2 is 0.886 bits per heavy atom. The van der Waals surface area contributed by atoms with Crippen molar-refractivity contribution in [2.24, 2.45) is 0 Å². The molecule has 2 nitrogen and oxygen atoms in total. The van der Waals surface area contributed by atoms with Gasteiger partial charge in [-0.05, 0) is 70.5 Å². The molecule has 0 amide bonds. The first kappa shape index (κ1) is 27.7. The lowest BCUT2D eigenvalue weighted by molar-refractivity contribution is 0.783. The van der Waals surface area contributed by atoms with Crippen LogP contribution in [0.4, 0.5) is 28.4 Å². The van der Waals surface area contributed by atoms with Crippen molar-refractivity contribution in [2.45, 2.75) is 40.2 Å². The highest BCUT2D eigenvalue weighted by Gasteiger charge is 2.27. The van der Waals surface area contributed by atoms with E-state index >= 15 is 0 Å². The summed E-state index contributed by atoms with van der Waals surface area (Å²) in [6, 6.07) is 44.9. The average molecular weight is 571 g/mol. The zero-order chi connectivity index (χ0) is 30.2. The molecule has 7 rings (SSSR count). The Labute approximate surface area is 261 Å². The van der Waals surface area contributed by atoms with Gasteiger partial charge < -0.3 is 9.80 Å². The number of benzene rings is 6. The van der Waals surface area contributed by atoms with Gasteiger partial charge in [0.15, 0.2) is 0 Å². The highest BCUT2D eigenvalue weighted by atomic mass is 15.2. The molecule has 1 atom stereocenters. The van der Waals surface area contributed by atoms with Crippen molar-refractivity contribution in [3.63, 3.8) is 0 Å². The molecule has 0 aromatic heterocycles. The number of hydrogen-bond donors (Lipinski definition) is 0. The van der Waals surface area contributed by atoms with Crippen LogP contribution >= 0.6 is 0 Å². The molecule has 6 aromatic rings. The van der Waals surface area contributed by atoms with Crippen molar-refractivity contribution in [1.29, 1.82) is 0 Å². The second kappa shape index (κ2) is 11.5. The fourth-order valence-electron chi connectivity index (χ4n) is 6.48. The van der Waals surface area contributed by atoms with Crippen molar-refractivity contribution in [2.75, 3.05) is 9.80 Å². The molecule has 1 unspecified atom stereocenters. The van der Waals surface area contributed by atoms with E-state index in [0.29, 0.717) is 0 Å². The molecule has 0 heterocycles. The van der Waals surface area contributed by atoms with Crippen LogP contribution in [0.2, 0.25) is 0 Å². The Balaban J connectivity index is 1.57. The number of aryl methyl sites for hydroxylation is 3. The largest absolute Gasteiger partial charge is 0.333 e. The van der Waals surface area contributed by atoms with Crippen molar-refractivity contribution >= 4 is 50.0 Å². The number of anilines is 5. The molecule has 0 saturated heterocycles. The minimum Gasteiger partial charge on any atom is -0.333 e. The SMILES string of the molecule is CC1=CCC(N(c2ccc(C)cc2)c2c3ccccc3c(N(c3ccc(C)cc3)c3ccc(C)cc3)c3ccccc23)C=C1. The Bertz CT molecular complexity index is 1910. The van der Waals surface area contributed by atoms with Gasteiger partial charge in [-0.2, -0.15) is 0 Å². The van der Waals surface area contributed by atoms with Crippen LogP contribution in [-0.2, 0) is 0 Å². The molecule has 0 saturated carbocycles. The molecule has 0 radical (unpaired) electrons. The van der Waals surface area contributed by atoms with Crippen LogP contribution in [0, 0.1) is 20.8 Å². The predicted molar refractivity (Wildman–Crippen MR) is 190 cm³/mol. The first-order valence-electron chi connectivity index (χ1n) is 15.6. The molecule has 1 aliphatic rings. The van der Waals surface area contributed by atoms with Crippen LogP contribution < -0.4 is 9.80 Å². The minimum absolute atomic E-state index is 0.198. The third-order valence-electron chi connectivity index (χ3n) is 8.83. The summed E-state index contributed by atoms with van der Waals surface area (Å²) in [6.07, 6.45) is 7.96. The first-order chi connectivity index (χ1) is 21.5. The number of allylic oxidation sites excluding steroid dienone is 2. The molecule has 0 fully saturated rings. The normalized spacial score (nSPS) is 14.5. The number of fused-ring (bicyclic) bond motifs is 2. The van der Waals surface area contributed by atoms with Crippen LogP contribution in [0.15, 0.2) is 145 Å². The van der Waals surface area contributed by atoms with Gasteiger partial charge in [0.1, 0.15) is 0 Å². The van der Waals surface area contributed by atoms with Crippen LogP contribution in [0.3, 0.4) is 0 Å². The molecule has 6 aromatic carbocycles. The highest BCUT2D eigenvalue weighted by molar-refractivity contribution is 6.22.